The Morgan fingerprint density at radius 3 is 2.66 bits per heavy atom. The Labute approximate surface area is 172 Å². The Balaban J connectivity index is 1.78. The zero-order valence-corrected chi connectivity index (χ0v) is 17.6. The summed E-state index contributed by atoms with van der Waals surface area (Å²) in [6.45, 7) is 10.7. The van der Waals surface area contributed by atoms with E-state index in [1.807, 2.05) is 18.2 Å². The minimum atomic E-state index is -0.935. The fraction of sp³-hybridized carbons (Fsp3) is 0.455. The summed E-state index contributed by atoms with van der Waals surface area (Å²) in [5.41, 5.74) is 7.17. The molecule has 156 valence electrons. The van der Waals surface area contributed by atoms with Gasteiger partial charge in [0.25, 0.3) is 0 Å². The zero-order chi connectivity index (χ0) is 20.9. The van der Waals surface area contributed by atoms with E-state index >= 15 is 0 Å². The van der Waals surface area contributed by atoms with Crippen molar-refractivity contribution in [1.29, 1.82) is 0 Å². The number of anilines is 2. The van der Waals surface area contributed by atoms with Gasteiger partial charge in [-0.15, -0.1) is 0 Å². The third-order valence-corrected chi connectivity index (χ3v) is 4.65. The number of aromatic nitrogens is 1. The molecular formula is C22H30N4O3. The molecular weight excluding hydrogens is 368 g/mol. The third-order valence-electron chi connectivity index (χ3n) is 4.65. The van der Waals surface area contributed by atoms with E-state index in [0.717, 1.165) is 24.5 Å². The average Bonchev–Trinajstić information content (AvgIpc) is 2.69. The van der Waals surface area contributed by atoms with Crippen molar-refractivity contribution in [2.24, 2.45) is 5.10 Å². The van der Waals surface area contributed by atoms with Gasteiger partial charge in [0.1, 0.15) is 6.61 Å². The van der Waals surface area contributed by atoms with Crippen molar-refractivity contribution in [2.75, 3.05) is 43.2 Å². The molecule has 0 spiro atoms. The van der Waals surface area contributed by atoms with Crippen molar-refractivity contribution in [3.63, 3.8) is 0 Å². The number of benzene rings is 1. The van der Waals surface area contributed by atoms with Gasteiger partial charge in [-0.1, -0.05) is 6.07 Å². The number of aryl methyl sites for hydroxylation is 2. The topological polar surface area (TPSA) is 79.2 Å². The molecule has 0 aliphatic carbocycles. The van der Waals surface area contributed by atoms with E-state index in [1.165, 1.54) is 11.1 Å². The second-order valence-corrected chi connectivity index (χ2v) is 7.96. The zero-order valence-electron chi connectivity index (χ0n) is 17.6. The van der Waals surface area contributed by atoms with Gasteiger partial charge >= 0.3 is 0 Å². The van der Waals surface area contributed by atoms with Crippen LogP contribution in [-0.4, -0.2) is 54.8 Å². The first kappa shape index (κ1) is 21.1. The van der Waals surface area contributed by atoms with Crippen LogP contribution in [0.4, 0.5) is 11.4 Å². The van der Waals surface area contributed by atoms with E-state index in [-0.39, 0.29) is 6.61 Å². The molecule has 0 radical (unpaired) electrons. The first-order valence-corrected chi connectivity index (χ1v) is 9.86. The summed E-state index contributed by atoms with van der Waals surface area (Å²) in [6, 6.07) is 9.99. The second-order valence-electron chi connectivity index (χ2n) is 7.96. The first-order chi connectivity index (χ1) is 13.8. The lowest BCUT2D eigenvalue weighted by Gasteiger charge is -2.29. The highest BCUT2D eigenvalue weighted by atomic mass is 16.5. The molecule has 1 aliphatic rings. The maximum atomic E-state index is 9.96. The highest BCUT2D eigenvalue weighted by molar-refractivity contribution is 5.80. The van der Waals surface area contributed by atoms with Gasteiger partial charge in [0, 0.05) is 24.8 Å². The van der Waals surface area contributed by atoms with Crippen molar-refractivity contribution in [1.82, 2.24) is 4.98 Å². The average molecular weight is 399 g/mol. The number of morpholine rings is 1. The monoisotopic (exact) mass is 398 g/mol. The smallest absolute Gasteiger partial charge is 0.216 e. The van der Waals surface area contributed by atoms with Crippen molar-refractivity contribution >= 4 is 17.6 Å². The van der Waals surface area contributed by atoms with Gasteiger partial charge in [0.2, 0.25) is 5.88 Å². The minimum absolute atomic E-state index is 0.157. The van der Waals surface area contributed by atoms with Crippen molar-refractivity contribution < 1.29 is 14.6 Å². The van der Waals surface area contributed by atoms with Crippen LogP contribution in [0.5, 0.6) is 5.88 Å². The highest BCUT2D eigenvalue weighted by Crippen LogP contribution is 2.23. The molecule has 1 aromatic carbocycles. The largest absolute Gasteiger partial charge is 0.475 e. The van der Waals surface area contributed by atoms with Crippen LogP contribution >= 0.6 is 0 Å². The quantitative estimate of drug-likeness (QED) is 0.551. The number of hydrogen-bond donors (Lipinski definition) is 2. The molecule has 2 heterocycles. The van der Waals surface area contributed by atoms with Crippen LogP contribution in [0.3, 0.4) is 0 Å². The molecule has 1 aromatic heterocycles. The molecule has 1 fully saturated rings. The van der Waals surface area contributed by atoms with Crippen molar-refractivity contribution in [3.05, 3.63) is 47.2 Å². The summed E-state index contributed by atoms with van der Waals surface area (Å²) in [5, 5.41) is 14.3. The number of aliphatic hydroxyl groups is 1. The Morgan fingerprint density at radius 2 is 1.97 bits per heavy atom. The maximum absolute atomic E-state index is 9.96. The molecule has 0 saturated carbocycles. The minimum Gasteiger partial charge on any atom is -0.475 e. The molecule has 1 saturated heterocycles. The SMILES string of the molecule is Cc1ccc(N/N=C/c2cc(N3CCOCC3)cc(OCC(C)(C)O)n2)cc1C. The summed E-state index contributed by atoms with van der Waals surface area (Å²) in [7, 11) is 0. The molecule has 0 amide bonds. The standard InChI is InChI=1S/C22H30N4O3/c1-16-5-6-18(11-17(16)2)25-23-14-19-12-20(26-7-9-28-10-8-26)13-21(24-19)29-15-22(3,4)27/h5-6,11-14,25,27H,7-10,15H2,1-4H3/b23-14+. The molecule has 3 rings (SSSR count). The van der Waals surface area contributed by atoms with Crippen LogP contribution in [0.25, 0.3) is 0 Å². The van der Waals surface area contributed by atoms with Gasteiger partial charge in [-0.2, -0.15) is 5.10 Å². The van der Waals surface area contributed by atoms with Gasteiger partial charge < -0.3 is 19.5 Å². The molecule has 0 bridgehead atoms. The van der Waals surface area contributed by atoms with Crippen LogP contribution < -0.4 is 15.1 Å². The fourth-order valence-corrected chi connectivity index (χ4v) is 2.89. The Hall–Kier alpha value is -2.64. The van der Waals surface area contributed by atoms with E-state index in [1.54, 1.807) is 20.1 Å². The normalized spacial score (nSPS) is 15.0. The number of hydrogen-bond acceptors (Lipinski definition) is 7. The van der Waals surface area contributed by atoms with Gasteiger partial charge in [-0.05, 0) is 57.0 Å². The van der Waals surface area contributed by atoms with Crippen LogP contribution in [0.1, 0.15) is 30.7 Å². The second kappa shape index (κ2) is 9.24. The van der Waals surface area contributed by atoms with E-state index in [9.17, 15) is 5.11 Å². The van der Waals surface area contributed by atoms with E-state index in [2.05, 4.69) is 46.4 Å². The van der Waals surface area contributed by atoms with E-state index < -0.39 is 5.60 Å². The predicted octanol–water partition coefficient (Wildman–Crippen LogP) is 3.13. The summed E-state index contributed by atoms with van der Waals surface area (Å²) >= 11 is 0. The number of nitrogens with zero attached hydrogens (tertiary/aromatic N) is 3. The molecule has 2 aromatic rings. The van der Waals surface area contributed by atoms with E-state index in [0.29, 0.717) is 24.8 Å². The summed E-state index contributed by atoms with van der Waals surface area (Å²) in [6.07, 6.45) is 1.68. The Bertz CT molecular complexity index is 856. The Kier molecular flexibility index (Phi) is 6.71. The summed E-state index contributed by atoms with van der Waals surface area (Å²) < 4.78 is 11.2. The molecule has 0 atom stereocenters. The van der Waals surface area contributed by atoms with Gasteiger partial charge in [0.05, 0.1) is 36.4 Å². The maximum Gasteiger partial charge on any atom is 0.216 e. The number of rotatable bonds is 7. The highest BCUT2D eigenvalue weighted by Gasteiger charge is 2.17. The van der Waals surface area contributed by atoms with Crippen LogP contribution in [0, 0.1) is 13.8 Å². The summed E-state index contributed by atoms with van der Waals surface area (Å²) in [4.78, 5) is 6.75. The van der Waals surface area contributed by atoms with Crippen LogP contribution in [0.15, 0.2) is 35.4 Å². The van der Waals surface area contributed by atoms with Crippen molar-refractivity contribution in [3.8, 4) is 5.88 Å². The van der Waals surface area contributed by atoms with Gasteiger partial charge in [-0.3, -0.25) is 5.43 Å². The lowest BCUT2D eigenvalue weighted by molar-refractivity contribution is 0.0268. The molecule has 0 unspecified atom stereocenters. The lowest BCUT2D eigenvalue weighted by Crippen LogP contribution is -2.36. The number of pyridine rings is 1. The Morgan fingerprint density at radius 1 is 1.21 bits per heavy atom. The molecule has 7 nitrogen and oxygen atoms in total. The molecule has 7 heteroatoms. The molecule has 2 N–H and O–H groups in total. The fourth-order valence-electron chi connectivity index (χ4n) is 2.89. The van der Waals surface area contributed by atoms with E-state index in [4.69, 9.17) is 9.47 Å². The number of hydrazone groups is 1. The molecule has 29 heavy (non-hydrogen) atoms. The van der Waals surface area contributed by atoms with Crippen molar-refractivity contribution in [2.45, 2.75) is 33.3 Å². The third kappa shape index (κ3) is 6.44. The number of nitrogens with one attached hydrogen (secondary N) is 1. The number of ether oxygens (including phenoxy) is 2. The molecule has 1 aliphatic heterocycles. The van der Waals surface area contributed by atoms with Crippen LogP contribution in [-0.2, 0) is 4.74 Å². The summed E-state index contributed by atoms with van der Waals surface area (Å²) in [5.74, 6) is 0.462. The predicted molar refractivity (Wildman–Crippen MR) is 116 cm³/mol. The van der Waals surface area contributed by atoms with Gasteiger partial charge in [-0.25, -0.2) is 4.98 Å². The lowest BCUT2D eigenvalue weighted by atomic mass is 10.1. The van der Waals surface area contributed by atoms with Crippen LogP contribution in [0.2, 0.25) is 0 Å². The first-order valence-electron chi connectivity index (χ1n) is 9.86. The van der Waals surface area contributed by atoms with Gasteiger partial charge in [0.15, 0.2) is 0 Å².